The van der Waals surface area contributed by atoms with Gasteiger partial charge in [-0.2, -0.15) is 12.6 Å². The summed E-state index contributed by atoms with van der Waals surface area (Å²) < 4.78 is 18.1. The second kappa shape index (κ2) is 18.9. The van der Waals surface area contributed by atoms with E-state index in [4.69, 9.17) is 27.7 Å². The number of benzene rings is 4. The van der Waals surface area contributed by atoms with Crippen LogP contribution in [0.25, 0.3) is 21.5 Å². The molecular weight excluding hydrogens is 1010 g/mol. The highest BCUT2D eigenvalue weighted by Gasteiger charge is 3.01. The molecule has 5 unspecified atom stereocenters. The monoisotopic (exact) mass is 1070 g/mol. The van der Waals surface area contributed by atoms with Gasteiger partial charge in [-0.15, -0.1) is 23.2 Å². The lowest BCUT2D eigenvalue weighted by Gasteiger charge is -2.37. The Hall–Kier alpha value is -5.19. The van der Waals surface area contributed by atoms with Crippen LogP contribution in [-0.2, 0) is 38.1 Å². The van der Waals surface area contributed by atoms with Crippen LogP contribution in [0.15, 0.2) is 60.7 Å². The predicted octanol–water partition coefficient (Wildman–Crippen LogP) is 7.60. The third kappa shape index (κ3) is 8.49. The lowest BCUT2D eigenvalue weighted by Crippen LogP contribution is -2.53. The standard InChI is InChI=1S/C53H59Cl2N6O10PS/c1-28(2)45(58-41(62)16-6-5-11-17-59-42(63)20-40(73)48(59)66)47(65)56-29(3)46(64)57-36-18-37-43(34-14-9-7-12-32(34)36)30(21-54)23-60(37)49(67)51-25-52(27-53(51,52)26-51)50(68)61-24-31(22-55)44-35-15-10-8-13-33(35)39(19-38(44)61)71-72(4,69)70/h7-10,12-15,18-19,28-31,40,45,73H,5-6,11,16-17,20-27H2,1-4H3,(H,56,65)(H,57,64)(H,58,62)(H,69,70)/t29-,30+,31+,40?,45-,51?,52?,53?/m0/s1. The van der Waals surface area contributed by atoms with Gasteiger partial charge in [0.05, 0.1) is 27.5 Å². The highest BCUT2D eigenvalue weighted by Crippen LogP contribution is 3.01. The van der Waals surface area contributed by atoms with Crippen molar-refractivity contribution in [3.63, 3.8) is 0 Å². The van der Waals surface area contributed by atoms with E-state index in [-0.39, 0.29) is 84.2 Å². The van der Waals surface area contributed by atoms with E-state index in [1.54, 1.807) is 42.7 Å². The number of hydrogen-bond acceptors (Lipinski definition) is 10. The smallest absolute Gasteiger partial charge is 0.373 e. The van der Waals surface area contributed by atoms with Gasteiger partial charge in [-0.3, -0.25) is 38.5 Å². The van der Waals surface area contributed by atoms with Crippen molar-refractivity contribution in [3.05, 3.63) is 71.8 Å². The molecule has 10 rings (SSSR count). The molecule has 6 aliphatic rings. The molecule has 4 aromatic rings. The minimum atomic E-state index is -3.96. The fraction of sp³-hybridized carbons (Fsp3) is 0.491. The van der Waals surface area contributed by atoms with Crippen molar-refractivity contribution < 1.29 is 47.5 Å². The lowest BCUT2D eigenvalue weighted by atomic mass is 9.72. The summed E-state index contributed by atoms with van der Waals surface area (Å²) in [6, 6.07) is 16.5. The Morgan fingerprint density at radius 1 is 0.795 bits per heavy atom. The molecule has 4 fully saturated rings. The molecule has 9 atom stereocenters. The summed E-state index contributed by atoms with van der Waals surface area (Å²) in [6.45, 7) is 7.19. The number of carbonyl (C=O) groups is 7. The second-order valence-electron chi connectivity index (χ2n) is 21.4. The maximum absolute atomic E-state index is 15.1. The van der Waals surface area contributed by atoms with E-state index < -0.39 is 53.0 Å². The summed E-state index contributed by atoms with van der Waals surface area (Å²) in [5.41, 5.74) is 1.46. The molecule has 0 radical (unpaired) electrons. The molecule has 3 aliphatic heterocycles. The van der Waals surface area contributed by atoms with Gasteiger partial charge in [0.15, 0.2) is 0 Å². The number of nitrogens with zero attached hydrogens (tertiary/aromatic N) is 3. The third-order valence-corrected chi connectivity index (χ3v) is 18.1. The van der Waals surface area contributed by atoms with Crippen molar-refractivity contribution in [2.24, 2.45) is 22.2 Å². The van der Waals surface area contributed by atoms with Gasteiger partial charge < -0.3 is 35.2 Å². The summed E-state index contributed by atoms with van der Waals surface area (Å²) in [4.78, 5) is 110. The Morgan fingerprint density at radius 3 is 1.89 bits per heavy atom. The number of thiol groups is 1. The zero-order valence-corrected chi connectivity index (χ0v) is 44.3. The first-order valence-electron chi connectivity index (χ1n) is 25.0. The van der Waals surface area contributed by atoms with Crippen molar-refractivity contribution >= 4 is 123 Å². The van der Waals surface area contributed by atoms with Crippen LogP contribution >= 0.6 is 43.4 Å². The molecule has 3 saturated carbocycles. The molecule has 3 aliphatic carbocycles. The Kier molecular flexibility index (Phi) is 13.3. The van der Waals surface area contributed by atoms with Crippen LogP contribution in [0.3, 0.4) is 0 Å². The number of alkyl halides is 2. The zero-order chi connectivity index (χ0) is 52.1. The molecule has 1 saturated heterocycles. The van der Waals surface area contributed by atoms with Gasteiger partial charge >= 0.3 is 7.60 Å². The molecule has 3 heterocycles. The van der Waals surface area contributed by atoms with Gasteiger partial charge in [-0.25, -0.2) is 4.57 Å². The number of fused-ring (bicyclic) bond motifs is 6. The largest absolute Gasteiger partial charge is 0.424 e. The molecular formula is C53H59Cl2N6O10PS. The first-order valence-corrected chi connectivity index (χ1v) is 28.6. The molecule has 7 amide bonds. The first kappa shape index (κ1) is 51.3. The van der Waals surface area contributed by atoms with Crippen LogP contribution in [0, 0.1) is 22.2 Å². The van der Waals surface area contributed by atoms with Crippen LogP contribution in [0.2, 0.25) is 0 Å². The van der Waals surface area contributed by atoms with Crippen LogP contribution in [0.4, 0.5) is 17.1 Å². The topological polar surface area (TPSA) is 212 Å². The maximum atomic E-state index is 15.1. The van der Waals surface area contributed by atoms with Gasteiger partial charge in [0.2, 0.25) is 41.4 Å². The molecule has 386 valence electrons. The van der Waals surface area contributed by atoms with Gasteiger partial charge in [-0.1, -0.05) is 68.8 Å². The van der Waals surface area contributed by atoms with Crippen molar-refractivity contribution in [2.75, 3.05) is 53.2 Å². The number of amides is 7. The fourth-order valence-corrected chi connectivity index (χ4v) is 14.1. The summed E-state index contributed by atoms with van der Waals surface area (Å²) in [7, 11) is -3.96. The van der Waals surface area contributed by atoms with E-state index >= 15 is 4.79 Å². The minimum Gasteiger partial charge on any atom is -0.424 e. The fourth-order valence-electron chi connectivity index (χ4n) is 12.8. The van der Waals surface area contributed by atoms with Crippen molar-refractivity contribution in [1.82, 2.24) is 15.5 Å². The number of halogens is 2. The summed E-state index contributed by atoms with van der Waals surface area (Å²) in [5.74, 6) is -2.09. The summed E-state index contributed by atoms with van der Waals surface area (Å²) in [5, 5.41) is 11.0. The van der Waals surface area contributed by atoms with E-state index in [0.29, 0.717) is 74.1 Å². The number of imide groups is 1. The second-order valence-corrected chi connectivity index (χ2v) is 24.4. The quantitative estimate of drug-likeness (QED) is 0.0217. The molecule has 16 nitrogen and oxygen atoms in total. The number of nitrogens with one attached hydrogen (secondary N) is 3. The number of carbonyl (C=O) groups excluding carboxylic acids is 7. The van der Waals surface area contributed by atoms with Gasteiger partial charge in [-0.05, 0) is 72.9 Å². The van der Waals surface area contributed by atoms with Crippen LogP contribution in [-0.4, -0.2) is 107 Å². The molecule has 73 heavy (non-hydrogen) atoms. The minimum absolute atomic E-state index is 0.0805. The van der Waals surface area contributed by atoms with E-state index in [9.17, 15) is 38.2 Å². The average Bonchev–Trinajstić information content (AvgIpc) is 3.79. The van der Waals surface area contributed by atoms with Crippen LogP contribution < -0.4 is 30.3 Å². The van der Waals surface area contributed by atoms with Crippen molar-refractivity contribution in [2.45, 2.75) is 101 Å². The summed E-state index contributed by atoms with van der Waals surface area (Å²) >= 11 is 17.4. The number of unbranched alkanes of at least 4 members (excludes halogenated alkanes) is 2. The highest BCUT2D eigenvalue weighted by atomic mass is 35.5. The van der Waals surface area contributed by atoms with E-state index in [1.165, 1.54) is 4.90 Å². The number of rotatable bonds is 18. The Balaban J connectivity index is 0.820. The SMILES string of the molecule is CC(C)[C@H](NC(=O)CCCCCN1C(=O)CC(S)C1=O)C(=O)N[C@@H](C)C(=O)Nc1cc2c(c3ccccc13)[C@H](CCl)CN2C(=O)C12CC3(C(=O)N4C[C@@H](CCl)c5c4cc(OP(C)(=O)O)c4ccccc54)CC13C2. The lowest BCUT2D eigenvalue weighted by molar-refractivity contribution is -0.138. The average molecular weight is 1070 g/mol. The van der Waals surface area contributed by atoms with Crippen LogP contribution in [0.1, 0.15) is 95.1 Å². The number of likely N-dealkylation sites (tertiary alicyclic amines) is 1. The van der Waals surface area contributed by atoms with E-state index in [0.717, 1.165) is 34.0 Å². The predicted molar refractivity (Wildman–Crippen MR) is 283 cm³/mol. The number of hydrogen-bond donors (Lipinski definition) is 5. The molecule has 0 bridgehead atoms. The molecule has 4 N–H and O–H groups in total. The Labute approximate surface area is 438 Å². The van der Waals surface area contributed by atoms with E-state index in [1.807, 2.05) is 48.5 Å². The van der Waals surface area contributed by atoms with Crippen molar-refractivity contribution in [1.29, 1.82) is 0 Å². The van der Waals surface area contributed by atoms with Crippen molar-refractivity contribution in [3.8, 4) is 5.75 Å². The number of anilines is 3. The molecule has 20 heteroatoms. The van der Waals surface area contributed by atoms with E-state index in [2.05, 4.69) is 28.6 Å². The normalized spacial score (nSPS) is 26.9. The summed E-state index contributed by atoms with van der Waals surface area (Å²) in [6.07, 6.45) is 3.35. The maximum Gasteiger partial charge on any atom is 0.373 e. The molecule has 1 spiro atoms. The highest BCUT2D eigenvalue weighted by molar-refractivity contribution is 7.81. The molecule has 4 aromatic carbocycles. The van der Waals surface area contributed by atoms with Gasteiger partial charge in [0.25, 0.3) is 0 Å². The Bertz CT molecular complexity index is 3100. The third-order valence-electron chi connectivity index (χ3n) is 16.4. The van der Waals surface area contributed by atoms with Crippen LogP contribution in [0.5, 0.6) is 5.75 Å². The van der Waals surface area contributed by atoms with Gasteiger partial charge in [0.1, 0.15) is 17.8 Å². The zero-order valence-electron chi connectivity index (χ0n) is 41.0. The Morgan fingerprint density at radius 2 is 1.36 bits per heavy atom. The first-order chi connectivity index (χ1) is 34.7. The molecule has 0 aromatic heterocycles. The van der Waals surface area contributed by atoms with Gasteiger partial charge in [0, 0.05) is 90.7 Å².